The molecule has 5 nitrogen and oxygen atoms in total. The van der Waals surface area contributed by atoms with Crippen molar-refractivity contribution in [1.82, 2.24) is 14.7 Å². The van der Waals surface area contributed by atoms with E-state index in [9.17, 15) is 9.90 Å². The molecule has 0 aliphatic carbocycles. The van der Waals surface area contributed by atoms with Crippen LogP contribution in [-0.4, -0.2) is 40.4 Å². The summed E-state index contributed by atoms with van der Waals surface area (Å²) in [5.41, 5.74) is -0.166. The fourth-order valence-electron chi connectivity index (χ4n) is 1.65. The Morgan fingerprint density at radius 2 is 2.12 bits per heavy atom. The predicted molar refractivity (Wildman–Crippen MR) is 66.2 cm³/mol. The van der Waals surface area contributed by atoms with Crippen LogP contribution in [0.1, 0.15) is 0 Å². The molecule has 0 saturated heterocycles. The number of phenolic OH excluding ortho intramolecular Hbond substituents is 1. The van der Waals surface area contributed by atoms with Gasteiger partial charge in [-0.05, 0) is 26.2 Å². The number of aromatic hydroxyl groups is 1. The summed E-state index contributed by atoms with van der Waals surface area (Å²) in [5, 5.41) is 14.7. The Morgan fingerprint density at radius 3 is 2.82 bits per heavy atom. The molecule has 0 radical (unpaired) electrons. The van der Waals surface area contributed by atoms with E-state index >= 15 is 0 Å². The fourth-order valence-corrected chi connectivity index (χ4v) is 1.65. The first kappa shape index (κ1) is 11.6. The van der Waals surface area contributed by atoms with E-state index in [-0.39, 0.29) is 11.3 Å². The summed E-state index contributed by atoms with van der Waals surface area (Å²) in [7, 11) is 3.88. The van der Waals surface area contributed by atoms with Crippen LogP contribution in [0.15, 0.2) is 29.2 Å². The third-order valence-electron chi connectivity index (χ3n) is 2.63. The van der Waals surface area contributed by atoms with Crippen LogP contribution in [0.25, 0.3) is 10.8 Å². The molecule has 0 fully saturated rings. The molecule has 0 saturated carbocycles. The van der Waals surface area contributed by atoms with Gasteiger partial charge in [0.25, 0.3) is 5.56 Å². The standard InChI is InChI=1S/C12H15N3O2/c1-14(2)6-7-15-12(17)9-4-3-5-11(16)10(9)8-13-15/h3-5,8,16H,6-7H2,1-2H3. The van der Waals surface area contributed by atoms with Gasteiger partial charge in [0.15, 0.2) is 0 Å². The van der Waals surface area contributed by atoms with E-state index < -0.39 is 0 Å². The number of likely N-dealkylation sites (N-methyl/N-ethyl adjacent to an activating group) is 1. The molecule has 0 spiro atoms. The summed E-state index contributed by atoms with van der Waals surface area (Å²) in [6.45, 7) is 1.29. The maximum atomic E-state index is 12.1. The first-order chi connectivity index (χ1) is 8.09. The van der Waals surface area contributed by atoms with Crippen molar-refractivity contribution in [2.75, 3.05) is 20.6 Å². The lowest BCUT2D eigenvalue weighted by atomic mass is 10.2. The van der Waals surface area contributed by atoms with E-state index in [2.05, 4.69) is 5.10 Å². The molecule has 1 aromatic carbocycles. The van der Waals surface area contributed by atoms with Gasteiger partial charge in [-0.2, -0.15) is 5.10 Å². The summed E-state index contributed by atoms with van der Waals surface area (Å²) in [6, 6.07) is 4.91. The van der Waals surface area contributed by atoms with Gasteiger partial charge in [0.2, 0.25) is 0 Å². The molecule has 17 heavy (non-hydrogen) atoms. The fraction of sp³-hybridized carbons (Fsp3) is 0.333. The lowest BCUT2D eigenvalue weighted by Gasteiger charge is -2.10. The van der Waals surface area contributed by atoms with Crippen LogP contribution in [-0.2, 0) is 6.54 Å². The quantitative estimate of drug-likeness (QED) is 0.846. The van der Waals surface area contributed by atoms with Gasteiger partial charge in [-0.1, -0.05) is 6.07 Å². The minimum Gasteiger partial charge on any atom is -0.507 e. The van der Waals surface area contributed by atoms with E-state index in [0.717, 1.165) is 6.54 Å². The van der Waals surface area contributed by atoms with Crippen molar-refractivity contribution in [2.45, 2.75) is 6.54 Å². The summed E-state index contributed by atoms with van der Waals surface area (Å²) in [5.74, 6) is 0.0897. The van der Waals surface area contributed by atoms with Crippen molar-refractivity contribution < 1.29 is 5.11 Å². The number of phenols is 1. The number of hydrogen-bond donors (Lipinski definition) is 1. The molecule has 0 aliphatic heterocycles. The SMILES string of the molecule is CN(C)CCn1ncc2c(O)cccc2c1=O. The van der Waals surface area contributed by atoms with E-state index in [1.165, 1.54) is 10.9 Å². The smallest absolute Gasteiger partial charge is 0.274 e. The highest BCUT2D eigenvalue weighted by Gasteiger charge is 2.06. The monoisotopic (exact) mass is 233 g/mol. The molecule has 2 aromatic rings. The lowest BCUT2D eigenvalue weighted by molar-refractivity contribution is 0.368. The van der Waals surface area contributed by atoms with Gasteiger partial charge in [0, 0.05) is 11.9 Å². The van der Waals surface area contributed by atoms with E-state index in [1.807, 2.05) is 19.0 Å². The minimum atomic E-state index is -0.166. The van der Waals surface area contributed by atoms with Crippen molar-refractivity contribution in [2.24, 2.45) is 0 Å². The molecule has 1 heterocycles. The third-order valence-corrected chi connectivity index (χ3v) is 2.63. The molecule has 0 aliphatic rings. The molecule has 2 rings (SSSR count). The van der Waals surface area contributed by atoms with Crippen molar-refractivity contribution in [3.05, 3.63) is 34.7 Å². The first-order valence-electron chi connectivity index (χ1n) is 5.42. The molecular weight excluding hydrogens is 218 g/mol. The molecule has 1 N–H and O–H groups in total. The largest absolute Gasteiger partial charge is 0.507 e. The summed E-state index contributed by atoms with van der Waals surface area (Å²) < 4.78 is 1.42. The Balaban J connectivity index is 2.48. The highest BCUT2D eigenvalue weighted by atomic mass is 16.3. The minimum absolute atomic E-state index is 0.0897. The van der Waals surface area contributed by atoms with Crippen LogP contribution in [0.2, 0.25) is 0 Å². The van der Waals surface area contributed by atoms with Crippen LogP contribution in [0, 0.1) is 0 Å². The maximum absolute atomic E-state index is 12.1. The zero-order valence-electron chi connectivity index (χ0n) is 9.92. The molecule has 0 bridgehead atoms. The first-order valence-corrected chi connectivity index (χ1v) is 5.42. The average Bonchev–Trinajstić information content (AvgIpc) is 2.29. The number of aromatic nitrogens is 2. The Morgan fingerprint density at radius 1 is 1.35 bits per heavy atom. The lowest BCUT2D eigenvalue weighted by Crippen LogP contribution is -2.28. The van der Waals surface area contributed by atoms with Crippen molar-refractivity contribution in [3.63, 3.8) is 0 Å². The Kier molecular flexibility index (Phi) is 3.10. The second kappa shape index (κ2) is 4.55. The highest BCUT2D eigenvalue weighted by Crippen LogP contribution is 2.19. The van der Waals surface area contributed by atoms with Crippen LogP contribution >= 0.6 is 0 Å². The Hall–Kier alpha value is -1.88. The van der Waals surface area contributed by atoms with Crippen LogP contribution in [0.5, 0.6) is 5.75 Å². The number of fused-ring (bicyclic) bond motifs is 1. The molecular formula is C12H15N3O2. The zero-order chi connectivity index (χ0) is 12.4. The van der Waals surface area contributed by atoms with Crippen molar-refractivity contribution >= 4 is 10.8 Å². The van der Waals surface area contributed by atoms with E-state index in [1.54, 1.807) is 18.2 Å². The second-order valence-electron chi connectivity index (χ2n) is 4.21. The third kappa shape index (κ3) is 2.29. The van der Waals surface area contributed by atoms with E-state index in [0.29, 0.717) is 17.3 Å². The summed E-state index contributed by atoms with van der Waals surface area (Å²) in [6.07, 6.45) is 1.53. The topological polar surface area (TPSA) is 58.4 Å². The van der Waals surface area contributed by atoms with Gasteiger partial charge in [0.05, 0.1) is 18.1 Å². The summed E-state index contributed by atoms with van der Waals surface area (Å²) >= 11 is 0. The average molecular weight is 233 g/mol. The van der Waals surface area contributed by atoms with Crippen molar-refractivity contribution in [1.29, 1.82) is 0 Å². The molecule has 0 unspecified atom stereocenters. The van der Waals surface area contributed by atoms with Gasteiger partial charge in [-0.15, -0.1) is 0 Å². The molecule has 1 aromatic heterocycles. The zero-order valence-corrected chi connectivity index (χ0v) is 9.92. The van der Waals surface area contributed by atoms with Crippen LogP contribution in [0.4, 0.5) is 0 Å². The van der Waals surface area contributed by atoms with Gasteiger partial charge in [-0.3, -0.25) is 4.79 Å². The normalized spacial score (nSPS) is 11.2. The summed E-state index contributed by atoms with van der Waals surface area (Å²) in [4.78, 5) is 14.1. The molecule has 0 atom stereocenters. The molecule has 0 amide bonds. The van der Waals surface area contributed by atoms with Gasteiger partial charge in [0.1, 0.15) is 5.75 Å². The number of rotatable bonds is 3. The second-order valence-corrected chi connectivity index (χ2v) is 4.21. The molecule has 90 valence electrons. The molecule has 5 heteroatoms. The van der Waals surface area contributed by atoms with Crippen molar-refractivity contribution in [3.8, 4) is 5.75 Å². The predicted octanol–water partition coefficient (Wildman–Crippen LogP) is 0.664. The van der Waals surface area contributed by atoms with Gasteiger partial charge in [-0.25, -0.2) is 4.68 Å². The maximum Gasteiger partial charge on any atom is 0.274 e. The Labute approximate surface area is 98.9 Å². The Bertz CT molecular complexity index is 590. The number of nitrogens with zero attached hydrogens (tertiary/aromatic N) is 3. The highest BCUT2D eigenvalue weighted by molar-refractivity contribution is 5.86. The van der Waals surface area contributed by atoms with Gasteiger partial charge >= 0.3 is 0 Å². The van der Waals surface area contributed by atoms with Crippen LogP contribution in [0.3, 0.4) is 0 Å². The number of benzene rings is 1. The van der Waals surface area contributed by atoms with Crippen LogP contribution < -0.4 is 5.56 Å². The number of hydrogen-bond acceptors (Lipinski definition) is 4. The van der Waals surface area contributed by atoms with Gasteiger partial charge < -0.3 is 10.0 Å². The van der Waals surface area contributed by atoms with E-state index in [4.69, 9.17) is 0 Å².